The van der Waals surface area contributed by atoms with Crippen molar-refractivity contribution in [2.45, 2.75) is 39.7 Å². The minimum absolute atomic E-state index is 0.182. The Bertz CT molecular complexity index is 439. The van der Waals surface area contributed by atoms with E-state index in [2.05, 4.69) is 49.9 Å². The summed E-state index contributed by atoms with van der Waals surface area (Å²) in [6.45, 7) is 10.8. The average Bonchev–Trinajstić information content (AvgIpc) is 2.38. The molecular formula is C16H24N2O. The van der Waals surface area contributed by atoms with Crippen LogP contribution in [0.25, 0.3) is 0 Å². The molecule has 1 atom stereocenters. The fourth-order valence-corrected chi connectivity index (χ4v) is 2.68. The van der Waals surface area contributed by atoms with Gasteiger partial charge in [-0.25, -0.2) is 0 Å². The minimum Gasteiger partial charge on any atom is -0.365 e. The summed E-state index contributed by atoms with van der Waals surface area (Å²) in [6.07, 6.45) is 0. The highest BCUT2D eigenvalue weighted by Gasteiger charge is 2.25. The molecule has 1 amide bonds. The second-order valence-electron chi connectivity index (χ2n) is 5.75. The number of piperazine rings is 1. The van der Waals surface area contributed by atoms with Gasteiger partial charge in [0.1, 0.15) is 0 Å². The quantitative estimate of drug-likeness (QED) is 0.816. The number of carbonyl (C=O) groups excluding carboxylic acids is 1. The summed E-state index contributed by atoms with van der Waals surface area (Å²) < 4.78 is 0. The SMILES string of the molecule is CC(=O)N1CCN(c2ccc(C(C)C)cc2)[C@@H](C)C1. The van der Waals surface area contributed by atoms with Crippen LogP contribution in [-0.4, -0.2) is 36.5 Å². The van der Waals surface area contributed by atoms with Crippen molar-refractivity contribution in [2.24, 2.45) is 0 Å². The molecule has 3 nitrogen and oxygen atoms in total. The van der Waals surface area contributed by atoms with Gasteiger partial charge in [0.15, 0.2) is 0 Å². The van der Waals surface area contributed by atoms with Gasteiger partial charge in [-0.15, -0.1) is 0 Å². The predicted molar refractivity (Wildman–Crippen MR) is 79.6 cm³/mol. The smallest absolute Gasteiger partial charge is 0.219 e. The normalized spacial score (nSPS) is 19.9. The zero-order valence-corrected chi connectivity index (χ0v) is 12.4. The van der Waals surface area contributed by atoms with Gasteiger partial charge in [0.2, 0.25) is 5.91 Å². The molecule has 0 N–H and O–H groups in total. The molecule has 1 aromatic carbocycles. The van der Waals surface area contributed by atoms with Crippen molar-refractivity contribution >= 4 is 11.6 Å². The highest BCUT2D eigenvalue weighted by atomic mass is 16.2. The number of rotatable bonds is 2. The van der Waals surface area contributed by atoms with Gasteiger partial charge in [0.05, 0.1) is 0 Å². The Hall–Kier alpha value is -1.51. The van der Waals surface area contributed by atoms with E-state index >= 15 is 0 Å². The second-order valence-corrected chi connectivity index (χ2v) is 5.75. The van der Waals surface area contributed by atoms with E-state index in [1.807, 2.05) is 4.90 Å². The zero-order chi connectivity index (χ0) is 14.0. The van der Waals surface area contributed by atoms with Crippen LogP contribution in [0.4, 0.5) is 5.69 Å². The number of hydrogen-bond donors (Lipinski definition) is 0. The molecule has 1 aliphatic heterocycles. The van der Waals surface area contributed by atoms with Gasteiger partial charge in [0.25, 0.3) is 0 Å². The summed E-state index contributed by atoms with van der Waals surface area (Å²) in [7, 11) is 0. The summed E-state index contributed by atoms with van der Waals surface area (Å²) >= 11 is 0. The van der Waals surface area contributed by atoms with E-state index < -0.39 is 0 Å². The average molecular weight is 260 g/mol. The van der Waals surface area contributed by atoms with Gasteiger partial charge in [-0.1, -0.05) is 26.0 Å². The molecule has 0 spiro atoms. The lowest BCUT2D eigenvalue weighted by molar-refractivity contribution is -0.129. The Morgan fingerprint density at radius 2 is 1.84 bits per heavy atom. The van der Waals surface area contributed by atoms with Crippen LogP contribution in [0, 0.1) is 0 Å². The topological polar surface area (TPSA) is 23.6 Å². The molecule has 0 saturated carbocycles. The molecule has 0 aromatic heterocycles. The van der Waals surface area contributed by atoms with Crippen molar-refractivity contribution in [2.75, 3.05) is 24.5 Å². The van der Waals surface area contributed by atoms with Gasteiger partial charge in [-0.05, 0) is 30.5 Å². The van der Waals surface area contributed by atoms with Crippen LogP contribution in [0.1, 0.15) is 39.2 Å². The molecular weight excluding hydrogens is 236 g/mol. The minimum atomic E-state index is 0.182. The first kappa shape index (κ1) is 13.9. The predicted octanol–water partition coefficient (Wildman–Crippen LogP) is 2.87. The Kier molecular flexibility index (Phi) is 4.13. The Morgan fingerprint density at radius 3 is 2.32 bits per heavy atom. The van der Waals surface area contributed by atoms with Crippen LogP contribution in [0.2, 0.25) is 0 Å². The van der Waals surface area contributed by atoms with E-state index in [-0.39, 0.29) is 5.91 Å². The van der Waals surface area contributed by atoms with E-state index in [4.69, 9.17) is 0 Å². The summed E-state index contributed by atoms with van der Waals surface area (Å²) in [5.74, 6) is 0.752. The third-order valence-corrected chi connectivity index (χ3v) is 3.96. The lowest BCUT2D eigenvalue weighted by atomic mass is 10.0. The zero-order valence-electron chi connectivity index (χ0n) is 12.4. The molecule has 0 bridgehead atoms. The molecule has 3 heteroatoms. The molecule has 19 heavy (non-hydrogen) atoms. The van der Waals surface area contributed by atoms with Crippen molar-refractivity contribution < 1.29 is 4.79 Å². The number of anilines is 1. The standard InChI is InChI=1S/C16H24N2O/c1-12(2)15-5-7-16(8-6-15)18-10-9-17(14(4)19)11-13(18)3/h5-8,12-13H,9-11H2,1-4H3/t13-/m0/s1. The largest absolute Gasteiger partial charge is 0.365 e. The van der Waals surface area contributed by atoms with Crippen molar-refractivity contribution in [3.63, 3.8) is 0 Å². The van der Waals surface area contributed by atoms with Gasteiger partial charge in [-0.2, -0.15) is 0 Å². The van der Waals surface area contributed by atoms with Gasteiger partial charge < -0.3 is 9.80 Å². The Morgan fingerprint density at radius 1 is 1.21 bits per heavy atom. The summed E-state index contributed by atoms with van der Waals surface area (Å²) in [4.78, 5) is 15.7. The third-order valence-electron chi connectivity index (χ3n) is 3.96. The Balaban J connectivity index is 2.08. The maximum atomic E-state index is 11.4. The number of nitrogens with zero attached hydrogens (tertiary/aromatic N) is 2. The number of hydrogen-bond acceptors (Lipinski definition) is 2. The fourth-order valence-electron chi connectivity index (χ4n) is 2.68. The van der Waals surface area contributed by atoms with Crippen LogP contribution < -0.4 is 4.90 Å². The molecule has 1 fully saturated rings. The highest BCUT2D eigenvalue weighted by molar-refractivity contribution is 5.73. The van der Waals surface area contributed by atoms with Crippen LogP contribution in [0.5, 0.6) is 0 Å². The molecule has 1 aromatic rings. The molecule has 1 saturated heterocycles. The fraction of sp³-hybridized carbons (Fsp3) is 0.562. The number of benzene rings is 1. The van der Waals surface area contributed by atoms with E-state index in [1.54, 1.807) is 6.92 Å². The first-order valence-electron chi connectivity index (χ1n) is 7.11. The van der Waals surface area contributed by atoms with Crippen LogP contribution in [-0.2, 0) is 4.79 Å². The van der Waals surface area contributed by atoms with Crippen LogP contribution in [0.3, 0.4) is 0 Å². The molecule has 0 radical (unpaired) electrons. The molecule has 1 heterocycles. The lowest BCUT2D eigenvalue weighted by Gasteiger charge is -2.41. The second kappa shape index (κ2) is 5.64. The first-order chi connectivity index (χ1) is 8.99. The molecule has 104 valence electrons. The summed E-state index contributed by atoms with van der Waals surface area (Å²) in [5.41, 5.74) is 2.64. The van der Waals surface area contributed by atoms with Crippen molar-refractivity contribution in [1.82, 2.24) is 4.90 Å². The van der Waals surface area contributed by atoms with Crippen LogP contribution in [0.15, 0.2) is 24.3 Å². The van der Waals surface area contributed by atoms with Crippen molar-refractivity contribution in [3.05, 3.63) is 29.8 Å². The Labute approximate surface area is 116 Å². The number of amides is 1. The van der Waals surface area contributed by atoms with Crippen LogP contribution >= 0.6 is 0 Å². The lowest BCUT2D eigenvalue weighted by Crippen LogP contribution is -2.53. The van der Waals surface area contributed by atoms with Gasteiger partial charge in [0, 0.05) is 38.3 Å². The van der Waals surface area contributed by atoms with Crippen molar-refractivity contribution in [3.8, 4) is 0 Å². The summed E-state index contributed by atoms with van der Waals surface area (Å²) in [6, 6.07) is 9.21. The molecule has 0 unspecified atom stereocenters. The number of carbonyl (C=O) groups is 1. The molecule has 0 aliphatic carbocycles. The van der Waals surface area contributed by atoms with E-state index in [0.29, 0.717) is 12.0 Å². The first-order valence-corrected chi connectivity index (χ1v) is 7.11. The summed E-state index contributed by atoms with van der Waals surface area (Å²) in [5, 5.41) is 0. The van der Waals surface area contributed by atoms with Gasteiger partial charge >= 0.3 is 0 Å². The monoisotopic (exact) mass is 260 g/mol. The molecule has 2 rings (SSSR count). The van der Waals surface area contributed by atoms with Gasteiger partial charge in [-0.3, -0.25) is 4.79 Å². The van der Waals surface area contributed by atoms with Crippen molar-refractivity contribution in [1.29, 1.82) is 0 Å². The highest BCUT2D eigenvalue weighted by Crippen LogP contribution is 2.23. The van der Waals surface area contributed by atoms with E-state index in [0.717, 1.165) is 19.6 Å². The maximum Gasteiger partial charge on any atom is 0.219 e. The molecule has 1 aliphatic rings. The maximum absolute atomic E-state index is 11.4. The third kappa shape index (κ3) is 3.09. The van der Waals surface area contributed by atoms with E-state index in [9.17, 15) is 4.79 Å². The van der Waals surface area contributed by atoms with E-state index in [1.165, 1.54) is 11.3 Å².